The quantitative estimate of drug-likeness (QED) is 0.736. The molecule has 0 aliphatic carbocycles. The number of nitrogens with zero attached hydrogens (tertiary/aromatic N) is 3. The number of halogens is 1. The zero-order valence-corrected chi connectivity index (χ0v) is 14.4. The Labute approximate surface area is 145 Å². The Morgan fingerprint density at radius 3 is 2.88 bits per heavy atom. The number of morpholine rings is 1. The fraction of sp³-hybridized carbons (Fsp3) is 0.312. The first kappa shape index (κ1) is 15.3. The lowest BCUT2D eigenvalue weighted by atomic mass is 10.3. The van der Waals surface area contributed by atoms with Crippen LogP contribution in [0.5, 0.6) is 0 Å². The minimum Gasteiger partial charge on any atom is -0.440 e. The van der Waals surface area contributed by atoms with Crippen molar-refractivity contribution >= 4 is 32.8 Å². The third kappa shape index (κ3) is 3.20. The molecule has 7 nitrogen and oxygen atoms in total. The number of nitrogens with one attached hydrogen (secondary N) is 1. The molecule has 0 radical (unpaired) electrons. The summed E-state index contributed by atoms with van der Waals surface area (Å²) >= 11 is 3.41. The second kappa shape index (κ2) is 6.37. The van der Waals surface area contributed by atoms with Crippen LogP contribution in [0.25, 0.3) is 11.1 Å². The molecule has 0 saturated carbocycles. The Balaban J connectivity index is 1.63. The number of benzene rings is 1. The van der Waals surface area contributed by atoms with E-state index in [1.807, 2.05) is 23.1 Å². The van der Waals surface area contributed by atoms with E-state index in [-0.39, 0.29) is 5.56 Å². The fourth-order valence-corrected chi connectivity index (χ4v) is 3.04. The molecule has 1 aliphatic heterocycles. The Morgan fingerprint density at radius 2 is 2.04 bits per heavy atom. The molecule has 4 rings (SSSR count). The predicted molar refractivity (Wildman–Crippen MR) is 92.4 cm³/mol. The Kier molecular flexibility index (Phi) is 4.07. The normalized spacial score (nSPS) is 15.1. The Bertz CT molecular complexity index is 930. The highest BCUT2D eigenvalue weighted by Crippen LogP contribution is 2.21. The van der Waals surface area contributed by atoms with Crippen LogP contribution in [0.1, 0.15) is 11.7 Å². The van der Waals surface area contributed by atoms with E-state index in [0.29, 0.717) is 42.8 Å². The van der Waals surface area contributed by atoms with Crippen molar-refractivity contribution in [2.75, 3.05) is 31.2 Å². The molecule has 0 bridgehead atoms. The second-order valence-electron chi connectivity index (χ2n) is 5.55. The molecule has 24 heavy (non-hydrogen) atoms. The van der Waals surface area contributed by atoms with Crippen LogP contribution in [-0.2, 0) is 11.2 Å². The second-order valence-corrected chi connectivity index (χ2v) is 6.46. The molecule has 0 atom stereocenters. The molecule has 1 N–H and O–H groups in total. The van der Waals surface area contributed by atoms with Gasteiger partial charge in [-0.05, 0) is 18.2 Å². The van der Waals surface area contributed by atoms with Crippen LogP contribution < -0.4 is 10.5 Å². The maximum atomic E-state index is 12.0. The van der Waals surface area contributed by atoms with E-state index in [4.69, 9.17) is 9.15 Å². The van der Waals surface area contributed by atoms with Gasteiger partial charge in [0.2, 0.25) is 5.89 Å². The van der Waals surface area contributed by atoms with E-state index in [1.54, 1.807) is 0 Å². The number of fused-ring (bicyclic) bond motifs is 1. The molecular formula is C16H15BrN4O3. The fourth-order valence-electron chi connectivity index (χ4n) is 2.70. The summed E-state index contributed by atoms with van der Waals surface area (Å²) in [4.78, 5) is 25.7. The third-order valence-electron chi connectivity index (χ3n) is 3.83. The number of anilines is 1. The number of rotatable bonds is 3. The van der Waals surface area contributed by atoms with Gasteiger partial charge < -0.3 is 19.0 Å². The van der Waals surface area contributed by atoms with Gasteiger partial charge in [0.15, 0.2) is 5.58 Å². The maximum absolute atomic E-state index is 12.0. The van der Waals surface area contributed by atoms with Gasteiger partial charge >= 0.3 is 0 Å². The lowest BCUT2D eigenvalue weighted by Crippen LogP contribution is -2.37. The van der Waals surface area contributed by atoms with Gasteiger partial charge in [0, 0.05) is 23.6 Å². The number of H-pyrrole nitrogens is 1. The summed E-state index contributed by atoms with van der Waals surface area (Å²) in [6.45, 7) is 2.74. The van der Waals surface area contributed by atoms with E-state index < -0.39 is 0 Å². The molecule has 0 amide bonds. The standard InChI is InChI=1S/C16H15BrN4O3/c17-10-1-2-11-12(7-10)24-16(18-11)8-13-19-14(9-15(22)20-13)21-3-5-23-6-4-21/h1-2,7,9H,3-6,8H2,(H,19,20,22). The largest absolute Gasteiger partial charge is 0.440 e. The van der Waals surface area contributed by atoms with Crippen molar-refractivity contribution in [2.45, 2.75) is 6.42 Å². The summed E-state index contributed by atoms with van der Waals surface area (Å²) in [5.41, 5.74) is 1.30. The number of hydrogen-bond donors (Lipinski definition) is 1. The topological polar surface area (TPSA) is 84.2 Å². The molecule has 124 valence electrons. The SMILES string of the molecule is O=c1cc(N2CCOCC2)nc(Cc2nc3ccc(Br)cc3o2)[nH]1. The summed E-state index contributed by atoms with van der Waals surface area (Å²) in [5, 5.41) is 0. The van der Waals surface area contributed by atoms with Gasteiger partial charge in [0.05, 0.1) is 19.6 Å². The van der Waals surface area contributed by atoms with E-state index >= 15 is 0 Å². The van der Waals surface area contributed by atoms with Crippen molar-refractivity contribution in [2.24, 2.45) is 0 Å². The van der Waals surface area contributed by atoms with Gasteiger partial charge in [0.25, 0.3) is 5.56 Å². The smallest absolute Gasteiger partial charge is 0.252 e. The minimum atomic E-state index is -0.180. The summed E-state index contributed by atoms with van der Waals surface area (Å²) in [5.74, 6) is 1.72. The zero-order valence-electron chi connectivity index (χ0n) is 12.8. The highest BCUT2D eigenvalue weighted by Gasteiger charge is 2.15. The lowest BCUT2D eigenvalue weighted by Gasteiger charge is -2.27. The van der Waals surface area contributed by atoms with E-state index in [2.05, 4.69) is 30.9 Å². The van der Waals surface area contributed by atoms with Crippen molar-refractivity contribution in [3.8, 4) is 0 Å². The van der Waals surface area contributed by atoms with Crippen LogP contribution >= 0.6 is 15.9 Å². The third-order valence-corrected chi connectivity index (χ3v) is 4.32. The van der Waals surface area contributed by atoms with E-state index in [9.17, 15) is 4.79 Å². The Morgan fingerprint density at radius 1 is 1.21 bits per heavy atom. The average molecular weight is 391 g/mol. The molecule has 0 unspecified atom stereocenters. The average Bonchev–Trinajstić information content (AvgIpc) is 2.96. The summed E-state index contributed by atoms with van der Waals surface area (Å²) in [6.07, 6.45) is 0.333. The molecule has 3 aromatic rings. The summed E-state index contributed by atoms with van der Waals surface area (Å²) < 4.78 is 12.0. The highest BCUT2D eigenvalue weighted by molar-refractivity contribution is 9.10. The molecule has 1 saturated heterocycles. The van der Waals surface area contributed by atoms with Crippen molar-refractivity contribution in [1.82, 2.24) is 15.0 Å². The van der Waals surface area contributed by atoms with Crippen LogP contribution in [0.4, 0.5) is 5.82 Å². The van der Waals surface area contributed by atoms with Gasteiger partial charge in [-0.2, -0.15) is 0 Å². The molecule has 0 spiro atoms. The highest BCUT2D eigenvalue weighted by atomic mass is 79.9. The first-order valence-corrected chi connectivity index (χ1v) is 8.44. The van der Waals surface area contributed by atoms with Gasteiger partial charge in [-0.15, -0.1) is 0 Å². The van der Waals surface area contributed by atoms with Crippen molar-refractivity contribution in [3.05, 3.63) is 50.8 Å². The van der Waals surface area contributed by atoms with Crippen molar-refractivity contribution in [3.63, 3.8) is 0 Å². The van der Waals surface area contributed by atoms with Gasteiger partial charge in [-0.25, -0.2) is 9.97 Å². The molecule has 2 aromatic heterocycles. The number of ether oxygens (including phenoxy) is 1. The van der Waals surface area contributed by atoms with Crippen LogP contribution in [0.15, 0.2) is 37.9 Å². The number of aromatic nitrogens is 3. The van der Waals surface area contributed by atoms with E-state index in [0.717, 1.165) is 23.1 Å². The van der Waals surface area contributed by atoms with Crippen LogP contribution in [0, 0.1) is 0 Å². The lowest BCUT2D eigenvalue weighted by molar-refractivity contribution is 0.122. The molecule has 1 aromatic carbocycles. The summed E-state index contributed by atoms with van der Waals surface area (Å²) in [7, 11) is 0. The van der Waals surface area contributed by atoms with E-state index in [1.165, 1.54) is 6.07 Å². The van der Waals surface area contributed by atoms with Crippen LogP contribution in [0.2, 0.25) is 0 Å². The zero-order chi connectivity index (χ0) is 16.5. The minimum absolute atomic E-state index is 0.180. The number of aromatic amines is 1. The van der Waals surface area contributed by atoms with Gasteiger partial charge in [0.1, 0.15) is 17.2 Å². The molecule has 1 fully saturated rings. The number of oxazole rings is 1. The van der Waals surface area contributed by atoms with Gasteiger partial charge in [-0.3, -0.25) is 4.79 Å². The van der Waals surface area contributed by atoms with Crippen molar-refractivity contribution in [1.29, 1.82) is 0 Å². The Hall–Kier alpha value is -2.19. The molecule has 8 heteroatoms. The number of hydrogen-bond acceptors (Lipinski definition) is 6. The monoisotopic (exact) mass is 390 g/mol. The van der Waals surface area contributed by atoms with Crippen molar-refractivity contribution < 1.29 is 9.15 Å². The van der Waals surface area contributed by atoms with Gasteiger partial charge in [-0.1, -0.05) is 15.9 Å². The van der Waals surface area contributed by atoms with Crippen LogP contribution in [0.3, 0.4) is 0 Å². The molecule has 3 heterocycles. The van der Waals surface area contributed by atoms with Crippen LogP contribution in [-0.4, -0.2) is 41.3 Å². The first-order chi connectivity index (χ1) is 11.7. The first-order valence-electron chi connectivity index (χ1n) is 7.65. The molecular weight excluding hydrogens is 376 g/mol. The summed E-state index contributed by atoms with van der Waals surface area (Å²) in [6, 6.07) is 7.17. The predicted octanol–water partition coefficient (Wildman–Crippen LogP) is 2.10. The molecule has 1 aliphatic rings. The maximum Gasteiger partial charge on any atom is 0.252 e.